The van der Waals surface area contributed by atoms with E-state index in [-0.39, 0.29) is 6.10 Å². The summed E-state index contributed by atoms with van der Waals surface area (Å²) < 4.78 is 12.1. The van der Waals surface area contributed by atoms with Crippen LogP contribution in [0.15, 0.2) is 16.6 Å². The summed E-state index contributed by atoms with van der Waals surface area (Å²) in [7, 11) is 1.62. The number of hydrogen-bond donors (Lipinski definition) is 2. The van der Waals surface area contributed by atoms with Crippen LogP contribution in [0.4, 0.5) is 5.95 Å². The van der Waals surface area contributed by atoms with Crippen LogP contribution in [0.2, 0.25) is 0 Å². The van der Waals surface area contributed by atoms with Gasteiger partial charge in [0.2, 0.25) is 0 Å². The molecule has 0 saturated carbocycles. The summed E-state index contributed by atoms with van der Waals surface area (Å²) in [6.07, 6.45) is 0.0500. The molecule has 8 heteroatoms. The number of H-pyrrole nitrogens is 1. The Morgan fingerprint density at radius 1 is 1.40 bits per heavy atom. The summed E-state index contributed by atoms with van der Waals surface area (Å²) in [6, 6.07) is 3.84. The van der Waals surface area contributed by atoms with Crippen molar-refractivity contribution in [2.45, 2.75) is 26.5 Å². The van der Waals surface area contributed by atoms with E-state index in [1.165, 1.54) is 0 Å². The first-order chi connectivity index (χ1) is 9.60. The molecule has 2 N–H and O–H groups in total. The summed E-state index contributed by atoms with van der Waals surface area (Å²) in [5.74, 6) is 1.82. The van der Waals surface area contributed by atoms with Gasteiger partial charge in [0, 0.05) is 16.6 Å². The molecule has 1 aromatic carbocycles. The highest BCUT2D eigenvalue weighted by Gasteiger charge is 2.14. The third-order valence-corrected chi connectivity index (χ3v) is 2.91. The molecule has 0 radical (unpaired) electrons. The van der Waals surface area contributed by atoms with E-state index in [1.807, 2.05) is 26.0 Å². The second-order valence-electron chi connectivity index (χ2n) is 4.35. The van der Waals surface area contributed by atoms with Crippen LogP contribution in [-0.2, 0) is 6.54 Å². The van der Waals surface area contributed by atoms with E-state index in [1.54, 1.807) is 7.11 Å². The predicted molar refractivity (Wildman–Crippen MR) is 78.0 cm³/mol. The van der Waals surface area contributed by atoms with Crippen molar-refractivity contribution in [3.05, 3.63) is 22.2 Å². The Morgan fingerprint density at radius 3 is 2.80 bits per heavy atom. The van der Waals surface area contributed by atoms with Gasteiger partial charge < -0.3 is 14.8 Å². The van der Waals surface area contributed by atoms with E-state index in [0.717, 1.165) is 10.0 Å². The maximum absolute atomic E-state index is 5.84. The molecule has 7 nitrogen and oxygen atoms in total. The molecule has 1 heterocycles. The lowest BCUT2D eigenvalue weighted by Crippen LogP contribution is -2.11. The molecule has 0 spiro atoms. The molecular formula is C12H16BrN5O2. The average Bonchev–Trinajstić information content (AvgIpc) is 2.91. The van der Waals surface area contributed by atoms with Crippen molar-refractivity contribution in [2.24, 2.45) is 0 Å². The van der Waals surface area contributed by atoms with Gasteiger partial charge in [0.05, 0.1) is 13.2 Å². The van der Waals surface area contributed by atoms with E-state index in [2.05, 4.69) is 41.9 Å². The van der Waals surface area contributed by atoms with Gasteiger partial charge in [0.15, 0.2) is 11.5 Å². The van der Waals surface area contributed by atoms with Gasteiger partial charge >= 0.3 is 0 Å². The number of tetrazole rings is 1. The van der Waals surface area contributed by atoms with Crippen LogP contribution in [0, 0.1) is 0 Å². The van der Waals surface area contributed by atoms with E-state index in [0.29, 0.717) is 24.0 Å². The second-order valence-corrected chi connectivity index (χ2v) is 5.27. The van der Waals surface area contributed by atoms with E-state index < -0.39 is 0 Å². The molecule has 0 saturated heterocycles. The van der Waals surface area contributed by atoms with Crippen molar-refractivity contribution in [1.82, 2.24) is 20.6 Å². The highest BCUT2D eigenvalue weighted by molar-refractivity contribution is 9.10. The lowest BCUT2D eigenvalue weighted by atomic mass is 10.2. The van der Waals surface area contributed by atoms with E-state index in [9.17, 15) is 0 Å². The Balaban J connectivity index is 2.26. The number of nitrogens with zero attached hydrogens (tertiary/aromatic N) is 3. The minimum absolute atomic E-state index is 0.0500. The molecule has 1 aromatic heterocycles. The molecule has 2 aromatic rings. The SMILES string of the molecule is COc1cc(Br)cc(CNc2nn[nH]n2)c1OC(C)C. The lowest BCUT2D eigenvalue weighted by Gasteiger charge is -2.18. The van der Waals surface area contributed by atoms with Crippen molar-refractivity contribution in [3.8, 4) is 11.5 Å². The lowest BCUT2D eigenvalue weighted by molar-refractivity contribution is 0.228. The van der Waals surface area contributed by atoms with Crippen LogP contribution in [0.3, 0.4) is 0 Å². The fraction of sp³-hybridized carbons (Fsp3) is 0.417. The van der Waals surface area contributed by atoms with Crippen LogP contribution in [-0.4, -0.2) is 33.8 Å². The van der Waals surface area contributed by atoms with Gasteiger partial charge in [-0.05, 0) is 31.2 Å². The largest absolute Gasteiger partial charge is 0.493 e. The van der Waals surface area contributed by atoms with Crippen LogP contribution in [0.1, 0.15) is 19.4 Å². The maximum Gasteiger partial charge on any atom is 0.263 e. The third kappa shape index (κ3) is 3.60. The number of aromatic amines is 1. The van der Waals surface area contributed by atoms with Crippen molar-refractivity contribution in [1.29, 1.82) is 0 Å². The zero-order valence-corrected chi connectivity index (χ0v) is 13.1. The molecule has 0 unspecified atom stereocenters. The summed E-state index contributed by atoms with van der Waals surface area (Å²) in [5, 5.41) is 16.6. The van der Waals surface area contributed by atoms with E-state index >= 15 is 0 Å². The average molecular weight is 342 g/mol. The van der Waals surface area contributed by atoms with Crippen LogP contribution in [0.25, 0.3) is 0 Å². The molecule has 0 bridgehead atoms. The molecular weight excluding hydrogens is 326 g/mol. The van der Waals surface area contributed by atoms with Gasteiger partial charge in [-0.25, -0.2) is 0 Å². The Bertz CT molecular complexity index is 559. The van der Waals surface area contributed by atoms with Crippen molar-refractivity contribution >= 4 is 21.9 Å². The molecule has 0 amide bonds. The molecule has 20 heavy (non-hydrogen) atoms. The smallest absolute Gasteiger partial charge is 0.263 e. The summed E-state index contributed by atoms with van der Waals surface area (Å²) in [5.41, 5.74) is 0.940. The van der Waals surface area contributed by atoms with Crippen molar-refractivity contribution in [3.63, 3.8) is 0 Å². The number of hydrogen-bond acceptors (Lipinski definition) is 6. The maximum atomic E-state index is 5.84. The van der Waals surface area contributed by atoms with Gasteiger partial charge in [0.1, 0.15) is 0 Å². The molecule has 0 aliphatic carbocycles. The van der Waals surface area contributed by atoms with Crippen LogP contribution >= 0.6 is 15.9 Å². The Morgan fingerprint density at radius 2 is 2.20 bits per heavy atom. The highest BCUT2D eigenvalue weighted by atomic mass is 79.9. The zero-order chi connectivity index (χ0) is 14.5. The molecule has 108 valence electrons. The van der Waals surface area contributed by atoms with Gasteiger partial charge in [0.25, 0.3) is 5.95 Å². The number of methoxy groups -OCH3 is 1. The summed E-state index contributed by atoms with van der Waals surface area (Å²) >= 11 is 3.46. The first-order valence-corrected chi connectivity index (χ1v) is 6.90. The first kappa shape index (κ1) is 14.6. The van der Waals surface area contributed by atoms with Gasteiger partial charge in [-0.2, -0.15) is 5.21 Å². The number of ether oxygens (including phenoxy) is 2. The van der Waals surface area contributed by atoms with Crippen molar-refractivity contribution < 1.29 is 9.47 Å². The Hall–Kier alpha value is -1.83. The monoisotopic (exact) mass is 341 g/mol. The Kier molecular flexibility index (Phi) is 4.78. The normalized spacial score (nSPS) is 10.7. The standard InChI is InChI=1S/C12H16BrN5O2/c1-7(2)20-11-8(4-9(13)5-10(11)19-3)6-14-12-15-17-18-16-12/h4-5,7H,6H2,1-3H3,(H2,14,15,16,17,18). The number of nitrogens with one attached hydrogen (secondary N) is 2. The molecule has 0 aliphatic heterocycles. The number of anilines is 1. The number of rotatable bonds is 6. The first-order valence-electron chi connectivity index (χ1n) is 6.10. The number of aromatic nitrogens is 4. The minimum atomic E-state index is 0.0500. The molecule has 0 aliphatic rings. The highest BCUT2D eigenvalue weighted by Crippen LogP contribution is 2.35. The summed E-state index contributed by atoms with van der Waals surface area (Å²) in [6.45, 7) is 4.44. The zero-order valence-electron chi connectivity index (χ0n) is 11.5. The fourth-order valence-corrected chi connectivity index (χ4v) is 2.17. The number of benzene rings is 1. The molecule has 2 rings (SSSR count). The topological polar surface area (TPSA) is 85.0 Å². The quantitative estimate of drug-likeness (QED) is 0.838. The van der Waals surface area contributed by atoms with Gasteiger partial charge in [-0.3, -0.25) is 0 Å². The molecule has 0 atom stereocenters. The minimum Gasteiger partial charge on any atom is -0.493 e. The van der Waals surface area contributed by atoms with E-state index in [4.69, 9.17) is 9.47 Å². The van der Waals surface area contributed by atoms with Crippen molar-refractivity contribution in [2.75, 3.05) is 12.4 Å². The molecule has 0 fully saturated rings. The summed E-state index contributed by atoms with van der Waals surface area (Å²) in [4.78, 5) is 0. The predicted octanol–water partition coefficient (Wildman–Crippen LogP) is 2.37. The Labute approximate surface area is 125 Å². The second kappa shape index (κ2) is 6.56. The third-order valence-electron chi connectivity index (χ3n) is 2.45. The van der Waals surface area contributed by atoms with Gasteiger partial charge in [-0.15, -0.1) is 5.10 Å². The van der Waals surface area contributed by atoms with Gasteiger partial charge in [-0.1, -0.05) is 21.0 Å². The van der Waals surface area contributed by atoms with Crippen LogP contribution in [0.5, 0.6) is 11.5 Å². The van der Waals surface area contributed by atoms with Crippen LogP contribution < -0.4 is 14.8 Å². The number of halogens is 1. The fourth-order valence-electron chi connectivity index (χ4n) is 1.69.